The lowest BCUT2D eigenvalue weighted by Crippen LogP contribution is -2.14. The first-order chi connectivity index (χ1) is 13.9. The highest BCUT2D eigenvalue weighted by molar-refractivity contribution is 7.91. The van der Waals surface area contributed by atoms with Crippen molar-refractivity contribution in [2.75, 3.05) is 23.5 Å². The van der Waals surface area contributed by atoms with Gasteiger partial charge in [0, 0.05) is 11.4 Å². The molecule has 0 saturated carbocycles. The summed E-state index contributed by atoms with van der Waals surface area (Å²) >= 11 is 0. The summed E-state index contributed by atoms with van der Waals surface area (Å²) in [7, 11) is -1.75. The van der Waals surface area contributed by atoms with Crippen LogP contribution in [0.25, 0.3) is 0 Å². The Hall–Kier alpha value is -3.32. The molecule has 150 valence electrons. The molecule has 6 nitrogen and oxygen atoms in total. The summed E-state index contributed by atoms with van der Waals surface area (Å²) in [5.41, 5.74) is 2.30. The van der Waals surface area contributed by atoms with E-state index in [0.29, 0.717) is 16.9 Å². The molecule has 0 bridgehead atoms. The van der Waals surface area contributed by atoms with Crippen LogP contribution in [-0.2, 0) is 9.84 Å². The number of para-hydroxylation sites is 1. The Bertz CT molecular complexity index is 1110. The standard InChI is InChI=1S/C22H22N2O4S/c1-3-29(26,27)19-8-6-7-17(15-19)24-22(25)20-9-4-5-10-21(20)23-16-11-13-18(28-2)14-12-16/h4-15,23H,3H2,1-2H3,(H,24,25). The molecule has 0 aliphatic heterocycles. The van der Waals surface area contributed by atoms with Crippen LogP contribution < -0.4 is 15.4 Å². The molecule has 29 heavy (non-hydrogen) atoms. The maximum absolute atomic E-state index is 12.8. The largest absolute Gasteiger partial charge is 0.497 e. The van der Waals surface area contributed by atoms with E-state index < -0.39 is 9.84 Å². The molecule has 7 heteroatoms. The van der Waals surface area contributed by atoms with Crippen LogP contribution in [0.3, 0.4) is 0 Å². The minimum atomic E-state index is -3.35. The second-order valence-electron chi connectivity index (χ2n) is 6.28. The van der Waals surface area contributed by atoms with Crippen molar-refractivity contribution < 1.29 is 17.9 Å². The van der Waals surface area contributed by atoms with Crippen LogP contribution in [0.5, 0.6) is 5.75 Å². The lowest BCUT2D eigenvalue weighted by molar-refractivity contribution is 0.102. The Kier molecular flexibility index (Phi) is 6.19. The predicted molar refractivity (Wildman–Crippen MR) is 115 cm³/mol. The van der Waals surface area contributed by atoms with E-state index in [9.17, 15) is 13.2 Å². The smallest absolute Gasteiger partial charge is 0.257 e. The molecule has 0 saturated heterocycles. The van der Waals surface area contributed by atoms with Crippen LogP contribution in [0.1, 0.15) is 17.3 Å². The molecule has 0 fully saturated rings. The molecule has 1 amide bonds. The molecule has 0 atom stereocenters. The van der Waals surface area contributed by atoms with Crippen LogP contribution in [-0.4, -0.2) is 27.2 Å². The zero-order valence-electron chi connectivity index (χ0n) is 16.2. The Labute approximate surface area is 170 Å². The maximum atomic E-state index is 12.8. The Balaban J connectivity index is 1.82. The van der Waals surface area contributed by atoms with Gasteiger partial charge in [0.15, 0.2) is 9.84 Å². The SMILES string of the molecule is CCS(=O)(=O)c1cccc(NC(=O)c2ccccc2Nc2ccc(OC)cc2)c1. The summed E-state index contributed by atoms with van der Waals surface area (Å²) in [5, 5.41) is 6.00. The topological polar surface area (TPSA) is 84.5 Å². The molecule has 0 aliphatic rings. The van der Waals surface area contributed by atoms with Gasteiger partial charge in [-0.25, -0.2) is 8.42 Å². The Morgan fingerprint density at radius 1 is 0.931 bits per heavy atom. The summed E-state index contributed by atoms with van der Waals surface area (Å²) in [4.78, 5) is 13.0. The van der Waals surface area contributed by atoms with E-state index in [2.05, 4.69) is 10.6 Å². The van der Waals surface area contributed by atoms with E-state index in [1.807, 2.05) is 30.3 Å². The van der Waals surface area contributed by atoms with Crippen LogP contribution in [0.4, 0.5) is 17.1 Å². The van der Waals surface area contributed by atoms with E-state index in [1.54, 1.807) is 44.4 Å². The number of ether oxygens (including phenoxy) is 1. The molecule has 3 rings (SSSR count). The second-order valence-corrected chi connectivity index (χ2v) is 8.56. The quantitative estimate of drug-likeness (QED) is 0.600. The molecule has 3 aromatic carbocycles. The van der Waals surface area contributed by atoms with Crippen molar-refractivity contribution in [2.24, 2.45) is 0 Å². The first-order valence-corrected chi connectivity index (χ1v) is 10.7. The van der Waals surface area contributed by atoms with Crippen LogP contribution in [0, 0.1) is 0 Å². The zero-order chi connectivity index (χ0) is 20.9. The lowest BCUT2D eigenvalue weighted by Gasteiger charge is -2.13. The molecule has 0 heterocycles. The van der Waals surface area contributed by atoms with Gasteiger partial charge < -0.3 is 15.4 Å². The molecule has 0 aliphatic carbocycles. The highest BCUT2D eigenvalue weighted by Gasteiger charge is 2.15. The molecule has 0 radical (unpaired) electrons. The third-order valence-electron chi connectivity index (χ3n) is 4.37. The summed E-state index contributed by atoms with van der Waals surface area (Å²) in [6.45, 7) is 1.58. The third kappa shape index (κ3) is 4.94. The fourth-order valence-corrected chi connectivity index (χ4v) is 3.68. The van der Waals surface area contributed by atoms with E-state index in [4.69, 9.17) is 4.74 Å². The van der Waals surface area contributed by atoms with Crippen molar-refractivity contribution in [3.63, 3.8) is 0 Å². The molecule has 3 aromatic rings. The van der Waals surface area contributed by atoms with Crippen LogP contribution in [0.2, 0.25) is 0 Å². The fourth-order valence-electron chi connectivity index (χ4n) is 2.75. The highest BCUT2D eigenvalue weighted by Crippen LogP contribution is 2.24. The van der Waals surface area contributed by atoms with Crippen molar-refractivity contribution in [2.45, 2.75) is 11.8 Å². The van der Waals surface area contributed by atoms with Crippen LogP contribution >= 0.6 is 0 Å². The number of carbonyl (C=O) groups excluding carboxylic acids is 1. The van der Waals surface area contributed by atoms with Gasteiger partial charge in [0.2, 0.25) is 0 Å². The Morgan fingerprint density at radius 2 is 1.66 bits per heavy atom. The van der Waals surface area contributed by atoms with E-state index >= 15 is 0 Å². The number of anilines is 3. The maximum Gasteiger partial charge on any atom is 0.257 e. The van der Waals surface area contributed by atoms with Gasteiger partial charge in [0.05, 0.1) is 29.0 Å². The zero-order valence-corrected chi connectivity index (χ0v) is 17.0. The number of rotatable bonds is 7. The van der Waals surface area contributed by atoms with Gasteiger partial charge in [-0.3, -0.25) is 4.79 Å². The number of hydrogen-bond donors (Lipinski definition) is 2. The second kappa shape index (κ2) is 8.79. The van der Waals surface area contributed by atoms with Gasteiger partial charge in [-0.2, -0.15) is 0 Å². The van der Waals surface area contributed by atoms with Crippen LogP contribution in [0.15, 0.2) is 77.7 Å². The average molecular weight is 410 g/mol. The number of sulfone groups is 1. The van der Waals surface area contributed by atoms with Crippen molar-refractivity contribution >= 4 is 32.8 Å². The summed E-state index contributed by atoms with van der Waals surface area (Å²) < 4.78 is 29.3. The van der Waals surface area contributed by atoms with Gasteiger partial charge in [0.1, 0.15) is 5.75 Å². The molecular weight excluding hydrogens is 388 g/mol. The molecule has 0 aromatic heterocycles. The summed E-state index contributed by atoms with van der Waals surface area (Å²) in [6, 6.07) is 20.7. The van der Waals surface area contributed by atoms with Crippen molar-refractivity contribution in [1.82, 2.24) is 0 Å². The monoisotopic (exact) mass is 410 g/mol. The normalized spacial score (nSPS) is 11.0. The molecule has 2 N–H and O–H groups in total. The average Bonchev–Trinajstić information content (AvgIpc) is 2.75. The number of benzene rings is 3. The minimum absolute atomic E-state index is 0.000978. The van der Waals surface area contributed by atoms with Crippen molar-refractivity contribution in [3.05, 3.63) is 78.4 Å². The van der Waals surface area contributed by atoms with Gasteiger partial charge in [-0.05, 0) is 54.6 Å². The summed E-state index contributed by atoms with van der Waals surface area (Å²) in [6.07, 6.45) is 0. The fraction of sp³-hybridized carbons (Fsp3) is 0.136. The van der Waals surface area contributed by atoms with Crippen molar-refractivity contribution in [1.29, 1.82) is 0 Å². The van der Waals surface area contributed by atoms with E-state index in [-0.39, 0.29) is 16.6 Å². The molecule has 0 unspecified atom stereocenters. The summed E-state index contributed by atoms with van der Waals surface area (Å²) in [5.74, 6) is 0.398. The van der Waals surface area contributed by atoms with Gasteiger partial charge >= 0.3 is 0 Å². The number of carbonyl (C=O) groups is 1. The van der Waals surface area contributed by atoms with E-state index in [0.717, 1.165) is 11.4 Å². The minimum Gasteiger partial charge on any atom is -0.497 e. The number of methoxy groups -OCH3 is 1. The third-order valence-corrected chi connectivity index (χ3v) is 6.10. The molecule has 0 spiro atoms. The number of nitrogens with one attached hydrogen (secondary N) is 2. The lowest BCUT2D eigenvalue weighted by atomic mass is 10.1. The van der Waals surface area contributed by atoms with Crippen molar-refractivity contribution in [3.8, 4) is 5.75 Å². The first-order valence-electron chi connectivity index (χ1n) is 9.07. The Morgan fingerprint density at radius 3 is 2.34 bits per heavy atom. The number of amides is 1. The number of hydrogen-bond acceptors (Lipinski definition) is 5. The van der Waals surface area contributed by atoms with Gasteiger partial charge in [-0.1, -0.05) is 25.1 Å². The first kappa shape index (κ1) is 20.4. The van der Waals surface area contributed by atoms with E-state index in [1.165, 1.54) is 12.1 Å². The van der Waals surface area contributed by atoms with Gasteiger partial charge in [-0.15, -0.1) is 0 Å². The molecular formula is C22H22N2O4S. The van der Waals surface area contributed by atoms with Gasteiger partial charge in [0.25, 0.3) is 5.91 Å². The predicted octanol–water partition coefficient (Wildman–Crippen LogP) is 4.48. The highest BCUT2D eigenvalue weighted by atomic mass is 32.2.